The number of benzene rings is 1. The maximum absolute atomic E-state index is 10.6. The quantitative estimate of drug-likeness (QED) is 0.258. The van der Waals surface area contributed by atoms with Gasteiger partial charge in [-0.3, -0.25) is 10.1 Å². The summed E-state index contributed by atoms with van der Waals surface area (Å²) in [5, 5.41) is 10.6. The Morgan fingerprint density at radius 1 is 1.14 bits per heavy atom. The van der Waals surface area contributed by atoms with Crippen molar-refractivity contribution in [2.75, 3.05) is 32.7 Å². The van der Waals surface area contributed by atoms with Gasteiger partial charge in [-0.25, -0.2) is 4.71 Å². The normalized spacial score (nSPS) is 16.7. The van der Waals surface area contributed by atoms with Gasteiger partial charge in [-0.05, 0) is 12.0 Å². The first-order valence-electron chi connectivity index (χ1n) is 6.57. The molecule has 1 heterocycles. The third-order valence-electron chi connectivity index (χ3n) is 3.57. The van der Waals surface area contributed by atoms with Gasteiger partial charge >= 0.3 is 0 Å². The van der Waals surface area contributed by atoms with Crippen molar-refractivity contribution in [3.63, 3.8) is 0 Å². The minimum atomic E-state index is -0.372. The number of hydrogen-bond donors (Lipinski definition) is 0. The van der Waals surface area contributed by atoms with Crippen molar-refractivity contribution in [3.05, 3.63) is 39.9 Å². The van der Waals surface area contributed by atoms with Crippen molar-refractivity contribution in [2.24, 2.45) is 0 Å². The van der Waals surface area contributed by atoms with E-state index >= 15 is 0 Å². The molecule has 1 aromatic carbocycles. The summed E-state index contributed by atoms with van der Waals surface area (Å²) >= 11 is 10.2. The van der Waals surface area contributed by atoms with Crippen LogP contribution in [0.1, 0.15) is 5.56 Å². The van der Waals surface area contributed by atoms with Crippen molar-refractivity contribution >= 4 is 30.9 Å². The van der Waals surface area contributed by atoms with Crippen LogP contribution in [0.2, 0.25) is 0 Å². The number of non-ortho nitro benzene ring substituents is 1. The largest absolute Gasteiger partial charge is 0.800 e. The summed E-state index contributed by atoms with van der Waals surface area (Å²) in [5.41, 5.74) is 1.27. The van der Waals surface area contributed by atoms with Gasteiger partial charge < -0.3 is 35.1 Å². The molecule has 1 radical (unpaired) electrons. The molecule has 21 heavy (non-hydrogen) atoms. The van der Waals surface area contributed by atoms with E-state index < -0.39 is 0 Å². The Bertz CT molecular complexity index is 451. The fraction of sp³-hybridized carbons (Fsp3) is 0.538. The van der Waals surface area contributed by atoms with E-state index in [2.05, 4.69) is 9.80 Å². The molecular formula is C13H17AuN3O2S2-2. The fourth-order valence-corrected chi connectivity index (χ4v) is 2.69. The topological polar surface area (TPSA) is 49.6 Å². The molecule has 5 nitrogen and oxygen atoms in total. The smallest absolute Gasteiger partial charge is 0.269 e. The molecule has 121 valence electrons. The van der Waals surface area contributed by atoms with Crippen LogP contribution in [-0.4, -0.2) is 52.2 Å². The molecule has 0 N–H and O–H groups in total. The Kier molecular flexibility index (Phi) is 8.33. The Balaban J connectivity index is 0.00000220. The summed E-state index contributed by atoms with van der Waals surface area (Å²) in [7, 11) is 0. The van der Waals surface area contributed by atoms with E-state index in [9.17, 15) is 10.1 Å². The van der Waals surface area contributed by atoms with Gasteiger partial charge in [0.25, 0.3) is 5.69 Å². The summed E-state index contributed by atoms with van der Waals surface area (Å²) in [6, 6.07) is 6.78. The third kappa shape index (κ3) is 5.94. The summed E-state index contributed by atoms with van der Waals surface area (Å²) in [4.78, 5) is 14.7. The zero-order valence-electron chi connectivity index (χ0n) is 11.4. The predicted molar refractivity (Wildman–Crippen MR) is 83.3 cm³/mol. The van der Waals surface area contributed by atoms with Crippen molar-refractivity contribution in [2.45, 2.75) is 11.1 Å². The fourth-order valence-electron chi connectivity index (χ4n) is 2.27. The standard InChI is InChI=1S/C13H19N3O2S2.Au/c17-16(18)12-3-1-11(2-4-12)5-6-14-7-9-15(10-8-14)13(19)20;/h1-4,13,19-20H,5-10H2;/p-2. The van der Waals surface area contributed by atoms with E-state index in [1.54, 1.807) is 12.1 Å². The molecule has 2 rings (SSSR count). The van der Waals surface area contributed by atoms with Gasteiger partial charge in [0.05, 0.1) is 4.92 Å². The maximum Gasteiger partial charge on any atom is 0.269 e. The SMILES string of the molecule is O=[N+]([O-])c1ccc(CCN2CCN(C([S-])[S-])CC2)cc1.[Au]. The molecule has 1 aliphatic heterocycles. The molecule has 0 spiro atoms. The zero-order chi connectivity index (χ0) is 14.5. The molecular weight excluding hydrogens is 491 g/mol. The van der Waals surface area contributed by atoms with Crippen LogP contribution in [0.15, 0.2) is 24.3 Å². The second kappa shape index (κ2) is 9.19. The molecule has 1 saturated heterocycles. The van der Waals surface area contributed by atoms with E-state index in [0.29, 0.717) is 0 Å². The van der Waals surface area contributed by atoms with E-state index in [-0.39, 0.29) is 37.7 Å². The molecule has 8 heteroatoms. The van der Waals surface area contributed by atoms with Crippen LogP contribution in [0.4, 0.5) is 5.69 Å². The minimum Gasteiger partial charge on any atom is -0.800 e. The van der Waals surface area contributed by atoms with Gasteiger partial charge in [0.15, 0.2) is 0 Å². The Morgan fingerprint density at radius 2 is 1.71 bits per heavy atom. The van der Waals surface area contributed by atoms with Crippen molar-refractivity contribution < 1.29 is 27.3 Å². The molecule has 0 aromatic heterocycles. The average molecular weight is 508 g/mol. The van der Waals surface area contributed by atoms with Crippen molar-refractivity contribution in [3.8, 4) is 0 Å². The molecule has 0 atom stereocenters. The molecule has 0 amide bonds. The number of nitro benzene ring substituents is 1. The summed E-state index contributed by atoms with van der Waals surface area (Å²) in [5.74, 6) is 0. The molecule has 1 aliphatic rings. The maximum atomic E-state index is 10.6. The molecule has 1 aromatic rings. The first-order chi connectivity index (χ1) is 9.56. The van der Waals surface area contributed by atoms with Crippen molar-refractivity contribution in [1.82, 2.24) is 9.80 Å². The zero-order valence-corrected chi connectivity index (χ0v) is 15.2. The molecule has 0 bridgehead atoms. The van der Waals surface area contributed by atoms with Gasteiger partial charge in [-0.15, -0.1) is 0 Å². The van der Waals surface area contributed by atoms with Gasteiger partial charge in [0.2, 0.25) is 0 Å². The third-order valence-corrected chi connectivity index (χ3v) is 4.17. The number of nitrogens with zero attached hydrogens (tertiary/aromatic N) is 3. The molecule has 0 unspecified atom stereocenters. The first kappa shape index (κ1) is 19.0. The first-order valence-corrected chi connectivity index (χ1v) is 7.52. The summed E-state index contributed by atoms with van der Waals surface area (Å²) in [6.45, 7) is 4.79. The molecule has 1 fully saturated rings. The van der Waals surface area contributed by atoms with Crippen LogP contribution in [0.25, 0.3) is 0 Å². The van der Waals surface area contributed by atoms with Crippen LogP contribution < -0.4 is 0 Å². The van der Waals surface area contributed by atoms with Gasteiger partial charge in [-0.2, -0.15) is 0 Å². The average Bonchev–Trinajstić information content (AvgIpc) is 2.46. The van der Waals surface area contributed by atoms with Crippen LogP contribution in [0, 0.1) is 10.1 Å². The second-order valence-corrected chi connectivity index (χ2v) is 6.05. The number of hydrogen-bond acceptors (Lipinski definition) is 6. The Hall–Kier alpha value is -0.0197. The van der Waals surface area contributed by atoms with Crippen molar-refractivity contribution in [1.29, 1.82) is 0 Å². The van der Waals surface area contributed by atoms with E-state index in [4.69, 9.17) is 25.3 Å². The van der Waals surface area contributed by atoms with Crippen LogP contribution >= 0.6 is 0 Å². The molecule has 0 saturated carbocycles. The summed E-state index contributed by atoms with van der Waals surface area (Å²) in [6.07, 6.45) is 0.906. The van der Waals surface area contributed by atoms with Crippen LogP contribution in [-0.2, 0) is 54.1 Å². The van der Waals surface area contributed by atoms with Gasteiger partial charge in [0.1, 0.15) is 0 Å². The second-order valence-electron chi connectivity index (χ2n) is 4.86. The Morgan fingerprint density at radius 3 is 2.19 bits per heavy atom. The van der Waals surface area contributed by atoms with E-state index in [1.165, 1.54) is 0 Å². The van der Waals surface area contributed by atoms with Gasteiger partial charge in [0, 0.05) is 67.2 Å². The Labute approximate surface area is 151 Å². The number of piperazine rings is 1. The van der Waals surface area contributed by atoms with E-state index in [0.717, 1.165) is 44.7 Å². The number of rotatable bonds is 5. The predicted octanol–water partition coefficient (Wildman–Crippen LogP) is 1.13. The monoisotopic (exact) mass is 508 g/mol. The molecule has 0 aliphatic carbocycles. The van der Waals surface area contributed by atoms with Gasteiger partial charge in [-0.1, -0.05) is 12.1 Å². The minimum absolute atomic E-state index is 0. The van der Waals surface area contributed by atoms with Crippen LogP contribution in [0.3, 0.4) is 0 Å². The van der Waals surface area contributed by atoms with E-state index in [1.807, 2.05) is 12.1 Å². The summed E-state index contributed by atoms with van der Waals surface area (Å²) < 4.78 is -0.202. The van der Waals surface area contributed by atoms with Crippen LogP contribution in [0.5, 0.6) is 0 Å². The number of nitro groups is 1.